The van der Waals surface area contributed by atoms with Crippen LogP contribution in [-0.2, 0) is 9.53 Å². The van der Waals surface area contributed by atoms with E-state index >= 15 is 0 Å². The van der Waals surface area contributed by atoms with Gasteiger partial charge in [0.1, 0.15) is 0 Å². The molecule has 5 heteroatoms. The summed E-state index contributed by atoms with van der Waals surface area (Å²) < 4.78 is 5.49. The van der Waals surface area contributed by atoms with Gasteiger partial charge in [0.25, 0.3) is 0 Å². The first-order valence-electron chi connectivity index (χ1n) is 5.15. The highest BCUT2D eigenvalue weighted by atomic mass is 35.5. The first-order valence-corrected chi connectivity index (χ1v) is 7.07. The van der Waals surface area contributed by atoms with Gasteiger partial charge in [0.15, 0.2) is 0 Å². The van der Waals surface area contributed by atoms with Crippen molar-refractivity contribution in [3.63, 3.8) is 0 Å². The van der Waals surface area contributed by atoms with Crippen LogP contribution >= 0.6 is 23.4 Å². The van der Waals surface area contributed by atoms with Crippen molar-refractivity contribution in [1.82, 2.24) is 4.90 Å². The number of hydrogen-bond acceptors (Lipinski definition) is 3. The lowest BCUT2D eigenvalue weighted by atomic mass is 10.2. The Kier molecular flexibility index (Phi) is 5.79. The van der Waals surface area contributed by atoms with Crippen molar-refractivity contribution in [3.8, 4) is 0 Å². The number of carbonyl (C=O) groups is 1. The summed E-state index contributed by atoms with van der Waals surface area (Å²) in [6, 6.07) is 0.179. The van der Waals surface area contributed by atoms with Gasteiger partial charge < -0.3 is 9.64 Å². The van der Waals surface area contributed by atoms with E-state index in [1.165, 1.54) is 0 Å². The van der Waals surface area contributed by atoms with Gasteiger partial charge in [-0.05, 0) is 13.2 Å². The number of nitrogens with zero attached hydrogens (tertiary/aromatic N) is 1. The fourth-order valence-corrected chi connectivity index (χ4v) is 2.16. The van der Waals surface area contributed by atoms with E-state index in [1.807, 2.05) is 18.1 Å². The van der Waals surface area contributed by atoms with Gasteiger partial charge in [-0.3, -0.25) is 4.79 Å². The van der Waals surface area contributed by atoms with Gasteiger partial charge in [0.2, 0.25) is 5.91 Å². The van der Waals surface area contributed by atoms with E-state index in [0.29, 0.717) is 25.5 Å². The van der Waals surface area contributed by atoms with Crippen LogP contribution in [0.2, 0.25) is 0 Å². The molecule has 1 amide bonds. The second-order valence-corrected chi connectivity index (χ2v) is 5.04. The molecule has 0 bridgehead atoms. The van der Waals surface area contributed by atoms with Crippen LogP contribution in [0.3, 0.4) is 0 Å². The molecule has 0 aliphatic carbocycles. The van der Waals surface area contributed by atoms with Gasteiger partial charge >= 0.3 is 0 Å². The highest BCUT2D eigenvalue weighted by Gasteiger charge is 2.28. The van der Waals surface area contributed by atoms with Crippen LogP contribution in [0.1, 0.15) is 13.3 Å². The molecule has 1 saturated heterocycles. The highest BCUT2D eigenvalue weighted by Crippen LogP contribution is 2.14. The summed E-state index contributed by atoms with van der Waals surface area (Å²) in [4.78, 5) is 13.7. The molecule has 0 aromatic rings. The summed E-state index contributed by atoms with van der Waals surface area (Å²) in [6.45, 7) is 3.25. The third kappa shape index (κ3) is 3.85. The third-order valence-electron chi connectivity index (χ3n) is 2.52. The van der Waals surface area contributed by atoms with Crippen LogP contribution < -0.4 is 0 Å². The number of carbonyl (C=O) groups excluding carboxylic acids is 1. The number of alkyl halides is 1. The first-order chi connectivity index (χ1) is 7.19. The van der Waals surface area contributed by atoms with Crippen molar-refractivity contribution in [2.24, 2.45) is 0 Å². The van der Waals surface area contributed by atoms with Crippen LogP contribution in [0.5, 0.6) is 0 Å². The van der Waals surface area contributed by atoms with E-state index in [-0.39, 0.29) is 18.1 Å². The summed E-state index contributed by atoms with van der Waals surface area (Å²) in [5.41, 5.74) is 0. The topological polar surface area (TPSA) is 29.5 Å². The quantitative estimate of drug-likeness (QED) is 0.711. The molecular weight excluding hydrogens is 234 g/mol. The van der Waals surface area contributed by atoms with Crippen molar-refractivity contribution >= 4 is 29.3 Å². The molecule has 0 aromatic heterocycles. The van der Waals surface area contributed by atoms with Gasteiger partial charge in [-0.1, -0.05) is 0 Å². The molecule has 1 heterocycles. The number of hydrogen-bond donors (Lipinski definition) is 0. The maximum absolute atomic E-state index is 11.8. The Morgan fingerprint density at radius 2 is 2.40 bits per heavy atom. The summed E-state index contributed by atoms with van der Waals surface area (Å²) in [5.74, 6) is 1.56. The second kappa shape index (κ2) is 6.61. The van der Waals surface area contributed by atoms with E-state index in [2.05, 4.69) is 0 Å². The SMILES string of the molecule is CSCCC(=O)N1CC(CCl)OCC1C. The van der Waals surface area contributed by atoms with Crippen LogP contribution in [0, 0.1) is 0 Å². The van der Waals surface area contributed by atoms with Crippen LogP contribution in [-0.4, -0.2) is 54.0 Å². The fraction of sp³-hybridized carbons (Fsp3) is 0.900. The molecule has 1 aliphatic rings. The monoisotopic (exact) mass is 251 g/mol. The Hall–Kier alpha value is 0.0700. The van der Waals surface area contributed by atoms with Crippen molar-refractivity contribution in [1.29, 1.82) is 0 Å². The molecule has 88 valence electrons. The van der Waals surface area contributed by atoms with Crippen molar-refractivity contribution in [3.05, 3.63) is 0 Å². The van der Waals surface area contributed by atoms with E-state index in [0.717, 1.165) is 5.75 Å². The number of rotatable bonds is 4. The smallest absolute Gasteiger partial charge is 0.223 e. The molecule has 2 atom stereocenters. The fourth-order valence-electron chi connectivity index (χ4n) is 1.59. The lowest BCUT2D eigenvalue weighted by Gasteiger charge is -2.37. The molecular formula is C10H18ClNO2S. The van der Waals surface area contributed by atoms with E-state index in [1.54, 1.807) is 11.8 Å². The number of halogens is 1. The maximum atomic E-state index is 11.8. The normalized spacial score (nSPS) is 26.7. The zero-order valence-corrected chi connectivity index (χ0v) is 10.8. The van der Waals surface area contributed by atoms with E-state index in [4.69, 9.17) is 16.3 Å². The van der Waals surface area contributed by atoms with Crippen molar-refractivity contribution in [2.75, 3.05) is 31.0 Å². The van der Waals surface area contributed by atoms with Crippen LogP contribution in [0.15, 0.2) is 0 Å². The molecule has 3 nitrogen and oxygen atoms in total. The van der Waals surface area contributed by atoms with Gasteiger partial charge in [-0.2, -0.15) is 11.8 Å². The van der Waals surface area contributed by atoms with Crippen LogP contribution in [0.4, 0.5) is 0 Å². The molecule has 0 spiro atoms. The predicted molar refractivity (Wildman–Crippen MR) is 64.6 cm³/mol. The molecule has 0 saturated carbocycles. The Bertz CT molecular complexity index is 216. The number of morpholine rings is 1. The standard InChI is InChI=1S/C10H18ClNO2S/c1-8-7-14-9(5-11)6-12(8)10(13)3-4-15-2/h8-9H,3-7H2,1-2H3. The second-order valence-electron chi connectivity index (χ2n) is 3.75. The number of thioether (sulfide) groups is 1. The summed E-state index contributed by atoms with van der Waals surface area (Å²) in [7, 11) is 0. The van der Waals surface area contributed by atoms with Gasteiger partial charge in [0, 0.05) is 18.7 Å². The third-order valence-corrected chi connectivity index (χ3v) is 3.47. The van der Waals surface area contributed by atoms with E-state index in [9.17, 15) is 4.79 Å². The lowest BCUT2D eigenvalue weighted by Crippen LogP contribution is -2.51. The Morgan fingerprint density at radius 3 is 3.00 bits per heavy atom. The highest BCUT2D eigenvalue weighted by molar-refractivity contribution is 7.98. The predicted octanol–water partition coefficient (Wildman–Crippen LogP) is 1.59. The molecule has 1 rings (SSSR count). The first kappa shape index (κ1) is 13.1. The van der Waals surface area contributed by atoms with Gasteiger partial charge in [0.05, 0.1) is 24.6 Å². The lowest BCUT2D eigenvalue weighted by molar-refractivity contribution is -0.142. The zero-order valence-electron chi connectivity index (χ0n) is 9.24. The molecule has 0 aromatic carbocycles. The Balaban J connectivity index is 2.46. The Labute approximate surface area is 100 Å². The summed E-state index contributed by atoms with van der Waals surface area (Å²) in [6.07, 6.45) is 2.62. The minimum absolute atomic E-state index is 0.00102. The van der Waals surface area contributed by atoms with Crippen LogP contribution in [0.25, 0.3) is 0 Å². The minimum Gasteiger partial charge on any atom is -0.373 e. The average molecular weight is 252 g/mol. The summed E-state index contributed by atoms with van der Waals surface area (Å²) in [5, 5.41) is 0. The minimum atomic E-state index is 0.00102. The summed E-state index contributed by atoms with van der Waals surface area (Å²) >= 11 is 7.43. The maximum Gasteiger partial charge on any atom is 0.223 e. The molecule has 2 unspecified atom stereocenters. The number of ether oxygens (including phenoxy) is 1. The van der Waals surface area contributed by atoms with Gasteiger partial charge in [-0.15, -0.1) is 11.6 Å². The largest absolute Gasteiger partial charge is 0.373 e. The van der Waals surface area contributed by atoms with Crippen molar-refractivity contribution in [2.45, 2.75) is 25.5 Å². The molecule has 0 N–H and O–H groups in total. The number of amides is 1. The average Bonchev–Trinajstić information content (AvgIpc) is 2.26. The molecule has 1 aliphatic heterocycles. The van der Waals surface area contributed by atoms with Crippen molar-refractivity contribution < 1.29 is 9.53 Å². The Morgan fingerprint density at radius 1 is 1.67 bits per heavy atom. The molecule has 15 heavy (non-hydrogen) atoms. The zero-order chi connectivity index (χ0) is 11.3. The molecule has 1 fully saturated rings. The molecule has 0 radical (unpaired) electrons. The van der Waals surface area contributed by atoms with E-state index < -0.39 is 0 Å². The van der Waals surface area contributed by atoms with Gasteiger partial charge in [-0.25, -0.2) is 0 Å².